The zero-order valence-corrected chi connectivity index (χ0v) is 8.85. The van der Waals surface area contributed by atoms with E-state index in [-0.39, 0.29) is 19.1 Å². The average molecular weight is 212 g/mol. The zero-order chi connectivity index (χ0) is 11.1. The van der Waals surface area contributed by atoms with Crippen molar-refractivity contribution in [2.45, 2.75) is 26.3 Å². The van der Waals surface area contributed by atoms with Gasteiger partial charge in [-0.05, 0) is 25.3 Å². The summed E-state index contributed by atoms with van der Waals surface area (Å²) in [6.07, 6.45) is 4.99. The molecule has 0 fully saturated rings. The molecule has 0 radical (unpaired) electrons. The minimum Gasteiger partial charge on any atom is -0.465 e. The smallest absolute Gasteiger partial charge is 0.327 e. The minimum absolute atomic E-state index is 0.146. The molecule has 0 spiro atoms. The molecule has 0 bridgehead atoms. The van der Waals surface area contributed by atoms with Crippen molar-refractivity contribution in [2.24, 2.45) is 0 Å². The van der Waals surface area contributed by atoms with Crippen LogP contribution in [0.4, 0.5) is 0 Å². The standard InChI is InChI=1S/C10H16N2O3/c1-2-15-10(14)8-12-7-9(6-11-12)4-3-5-13/h6-7,13H,2-5,8H2,1H3. The summed E-state index contributed by atoms with van der Waals surface area (Å²) in [5, 5.41) is 12.7. The molecular formula is C10H16N2O3. The highest BCUT2D eigenvalue weighted by atomic mass is 16.5. The van der Waals surface area contributed by atoms with Gasteiger partial charge in [-0.3, -0.25) is 9.48 Å². The van der Waals surface area contributed by atoms with Gasteiger partial charge in [0.15, 0.2) is 0 Å². The van der Waals surface area contributed by atoms with Crippen molar-refractivity contribution in [1.29, 1.82) is 0 Å². The third-order valence-electron chi connectivity index (χ3n) is 1.91. The lowest BCUT2D eigenvalue weighted by Crippen LogP contribution is -2.13. The Labute approximate surface area is 88.7 Å². The van der Waals surface area contributed by atoms with Gasteiger partial charge in [0.05, 0.1) is 12.8 Å². The highest BCUT2D eigenvalue weighted by molar-refractivity contribution is 5.68. The van der Waals surface area contributed by atoms with Crippen molar-refractivity contribution in [3.8, 4) is 0 Å². The SMILES string of the molecule is CCOC(=O)Cn1cc(CCCO)cn1. The molecule has 0 atom stereocenters. The number of hydrogen-bond donors (Lipinski definition) is 1. The van der Waals surface area contributed by atoms with Crippen LogP contribution in [0.3, 0.4) is 0 Å². The summed E-state index contributed by atoms with van der Waals surface area (Å²) in [6, 6.07) is 0. The second kappa shape index (κ2) is 6.19. The fourth-order valence-corrected chi connectivity index (χ4v) is 1.24. The number of aromatic nitrogens is 2. The van der Waals surface area contributed by atoms with E-state index in [1.807, 2.05) is 0 Å². The molecule has 0 saturated carbocycles. The molecule has 0 aromatic carbocycles. The summed E-state index contributed by atoms with van der Waals surface area (Å²) in [6.45, 7) is 2.47. The van der Waals surface area contributed by atoms with Crippen LogP contribution in [0.5, 0.6) is 0 Å². The Bertz CT molecular complexity index is 309. The number of rotatable bonds is 6. The lowest BCUT2D eigenvalue weighted by atomic mass is 10.2. The number of aliphatic hydroxyl groups excluding tert-OH is 1. The van der Waals surface area contributed by atoms with E-state index in [1.54, 1.807) is 24.0 Å². The first kappa shape index (κ1) is 11.7. The van der Waals surface area contributed by atoms with Gasteiger partial charge < -0.3 is 9.84 Å². The van der Waals surface area contributed by atoms with Gasteiger partial charge in [-0.2, -0.15) is 5.10 Å². The second-order valence-electron chi connectivity index (χ2n) is 3.18. The normalized spacial score (nSPS) is 10.3. The number of aliphatic hydroxyl groups is 1. The predicted octanol–water partition coefficient (Wildman–Crippen LogP) is 0.371. The van der Waals surface area contributed by atoms with Gasteiger partial charge in [-0.1, -0.05) is 0 Å². The molecule has 0 aliphatic heterocycles. The molecule has 0 unspecified atom stereocenters. The van der Waals surface area contributed by atoms with E-state index in [2.05, 4.69) is 5.10 Å². The zero-order valence-electron chi connectivity index (χ0n) is 8.85. The van der Waals surface area contributed by atoms with Gasteiger partial charge >= 0.3 is 5.97 Å². The predicted molar refractivity (Wildman–Crippen MR) is 54.3 cm³/mol. The second-order valence-corrected chi connectivity index (χ2v) is 3.18. The summed E-state index contributed by atoms with van der Waals surface area (Å²) in [4.78, 5) is 11.1. The van der Waals surface area contributed by atoms with Crippen molar-refractivity contribution in [3.05, 3.63) is 18.0 Å². The minimum atomic E-state index is -0.283. The van der Waals surface area contributed by atoms with Crippen LogP contribution in [0, 0.1) is 0 Å². The van der Waals surface area contributed by atoms with Gasteiger partial charge in [-0.15, -0.1) is 0 Å². The fraction of sp³-hybridized carbons (Fsp3) is 0.600. The third-order valence-corrected chi connectivity index (χ3v) is 1.91. The topological polar surface area (TPSA) is 64.3 Å². The summed E-state index contributed by atoms with van der Waals surface area (Å²) in [5.41, 5.74) is 1.02. The van der Waals surface area contributed by atoms with Crippen molar-refractivity contribution in [3.63, 3.8) is 0 Å². The Hall–Kier alpha value is -1.36. The van der Waals surface area contributed by atoms with Gasteiger partial charge in [0.2, 0.25) is 0 Å². The van der Waals surface area contributed by atoms with Crippen LogP contribution >= 0.6 is 0 Å². The summed E-state index contributed by atoms with van der Waals surface area (Å²) in [7, 11) is 0. The van der Waals surface area contributed by atoms with E-state index < -0.39 is 0 Å². The summed E-state index contributed by atoms with van der Waals surface area (Å²) >= 11 is 0. The molecule has 1 N–H and O–H groups in total. The molecule has 15 heavy (non-hydrogen) atoms. The van der Waals surface area contributed by atoms with Gasteiger partial charge in [-0.25, -0.2) is 0 Å². The van der Waals surface area contributed by atoms with Crippen LogP contribution in [0.1, 0.15) is 18.9 Å². The molecule has 0 aliphatic carbocycles. The van der Waals surface area contributed by atoms with Crippen LogP contribution < -0.4 is 0 Å². The first-order valence-electron chi connectivity index (χ1n) is 5.04. The van der Waals surface area contributed by atoms with Gasteiger partial charge in [0.25, 0.3) is 0 Å². The van der Waals surface area contributed by atoms with Crippen LogP contribution in [-0.2, 0) is 22.5 Å². The van der Waals surface area contributed by atoms with E-state index >= 15 is 0 Å². The highest BCUT2D eigenvalue weighted by Crippen LogP contribution is 2.01. The monoisotopic (exact) mass is 212 g/mol. The Morgan fingerprint density at radius 1 is 1.67 bits per heavy atom. The molecule has 5 heteroatoms. The molecular weight excluding hydrogens is 196 g/mol. The van der Waals surface area contributed by atoms with Gasteiger partial charge in [0.1, 0.15) is 6.54 Å². The number of ether oxygens (including phenoxy) is 1. The number of hydrogen-bond acceptors (Lipinski definition) is 4. The first-order chi connectivity index (χ1) is 7.26. The number of esters is 1. The Morgan fingerprint density at radius 3 is 3.13 bits per heavy atom. The van der Waals surface area contributed by atoms with E-state index in [0.29, 0.717) is 13.0 Å². The fourth-order valence-electron chi connectivity index (χ4n) is 1.24. The number of nitrogens with zero attached hydrogens (tertiary/aromatic N) is 2. The van der Waals surface area contributed by atoms with Crippen LogP contribution in [-0.4, -0.2) is 34.1 Å². The van der Waals surface area contributed by atoms with Crippen LogP contribution in [0.2, 0.25) is 0 Å². The molecule has 1 aromatic heterocycles. The van der Waals surface area contributed by atoms with E-state index in [0.717, 1.165) is 12.0 Å². The molecule has 0 amide bonds. The Kier molecular flexibility index (Phi) is 4.83. The average Bonchev–Trinajstić information content (AvgIpc) is 2.63. The number of carbonyl (C=O) groups is 1. The molecule has 5 nitrogen and oxygen atoms in total. The molecule has 1 heterocycles. The Morgan fingerprint density at radius 2 is 2.47 bits per heavy atom. The number of aryl methyl sites for hydroxylation is 1. The Balaban J connectivity index is 2.42. The maximum absolute atomic E-state index is 11.1. The first-order valence-corrected chi connectivity index (χ1v) is 5.04. The number of carbonyl (C=O) groups excluding carboxylic acids is 1. The summed E-state index contributed by atoms with van der Waals surface area (Å²) < 4.78 is 6.34. The maximum Gasteiger partial charge on any atom is 0.327 e. The van der Waals surface area contributed by atoms with Crippen LogP contribution in [0.25, 0.3) is 0 Å². The van der Waals surface area contributed by atoms with Crippen molar-refractivity contribution >= 4 is 5.97 Å². The van der Waals surface area contributed by atoms with Crippen molar-refractivity contribution in [2.75, 3.05) is 13.2 Å². The van der Waals surface area contributed by atoms with Crippen LogP contribution in [0.15, 0.2) is 12.4 Å². The molecule has 1 aromatic rings. The summed E-state index contributed by atoms with van der Waals surface area (Å²) in [5.74, 6) is -0.283. The molecule has 0 aliphatic rings. The maximum atomic E-state index is 11.1. The van der Waals surface area contributed by atoms with Crippen molar-refractivity contribution < 1.29 is 14.6 Å². The lowest BCUT2D eigenvalue weighted by Gasteiger charge is -2.00. The third kappa shape index (κ3) is 4.12. The lowest BCUT2D eigenvalue weighted by molar-refractivity contribution is -0.144. The van der Waals surface area contributed by atoms with Gasteiger partial charge in [0, 0.05) is 12.8 Å². The van der Waals surface area contributed by atoms with E-state index in [9.17, 15) is 4.79 Å². The van der Waals surface area contributed by atoms with E-state index in [4.69, 9.17) is 9.84 Å². The molecule has 84 valence electrons. The van der Waals surface area contributed by atoms with Crippen molar-refractivity contribution in [1.82, 2.24) is 9.78 Å². The quantitative estimate of drug-likeness (QED) is 0.692. The highest BCUT2D eigenvalue weighted by Gasteiger charge is 2.04. The van der Waals surface area contributed by atoms with E-state index in [1.165, 1.54) is 0 Å². The largest absolute Gasteiger partial charge is 0.465 e. The molecule has 1 rings (SSSR count). The molecule has 0 saturated heterocycles.